The molecule has 1 saturated heterocycles. The number of Topliss-reactive ketones (excluding diaryl/α,β-unsaturated/α-hetero) is 1. The summed E-state index contributed by atoms with van der Waals surface area (Å²) < 4.78 is 13.1. The number of pyridine rings is 1. The fraction of sp³-hybridized carbons (Fsp3) is 0.280. The first-order chi connectivity index (χ1) is 15.1. The van der Waals surface area contributed by atoms with E-state index in [9.17, 15) is 9.18 Å². The second-order valence-electron chi connectivity index (χ2n) is 7.90. The third-order valence-corrected chi connectivity index (χ3v) is 5.90. The molecule has 0 aliphatic carbocycles. The van der Waals surface area contributed by atoms with Crippen LogP contribution in [0.2, 0.25) is 5.02 Å². The third kappa shape index (κ3) is 5.69. The molecule has 1 aliphatic rings. The molecule has 31 heavy (non-hydrogen) atoms. The van der Waals surface area contributed by atoms with Crippen molar-refractivity contribution in [1.29, 1.82) is 0 Å². The SMILES string of the molecule is O=C(Cc1cc(-c2cccc(NCc3ccc(F)cc3)c2)c(Cl)cn1)[C@@H]1CCCNC1. The van der Waals surface area contributed by atoms with E-state index >= 15 is 0 Å². The standard InChI is InChI=1S/C25H25ClFN3O/c26-24-16-30-22(13-25(31)19-4-2-10-28-15-19)12-23(24)18-3-1-5-21(11-18)29-14-17-6-8-20(27)9-7-17/h1,3,5-9,11-12,16,19,28-29H,2,4,10,13-15H2/t19-/m1/s1. The first-order valence-corrected chi connectivity index (χ1v) is 10.9. The maximum atomic E-state index is 13.1. The molecule has 1 aromatic heterocycles. The summed E-state index contributed by atoms with van der Waals surface area (Å²) >= 11 is 6.44. The number of nitrogens with one attached hydrogen (secondary N) is 2. The second kappa shape index (κ2) is 10.0. The zero-order valence-corrected chi connectivity index (χ0v) is 18.0. The Morgan fingerprint density at radius 3 is 2.81 bits per heavy atom. The van der Waals surface area contributed by atoms with Crippen LogP contribution >= 0.6 is 11.6 Å². The molecule has 1 aliphatic heterocycles. The van der Waals surface area contributed by atoms with E-state index in [-0.39, 0.29) is 17.5 Å². The Labute approximate surface area is 186 Å². The first-order valence-electron chi connectivity index (χ1n) is 10.5. The van der Waals surface area contributed by atoms with Gasteiger partial charge in [0.05, 0.1) is 5.02 Å². The maximum Gasteiger partial charge on any atom is 0.143 e. The molecule has 3 aromatic rings. The molecule has 4 rings (SSSR count). The second-order valence-corrected chi connectivity index (χ2v) is 8.31. The molecule has 0 bridgehead atoms. The highest BCUT2D eigenvalue weighted by Gasteiger charge is 2.21. The van der Waals surface area contributed by atoms with Gasteiger partial charge in [0, 0.05) is 48.6 Å². The molecule has 2 N–H and O–H groups in total. The Kier molecular flexibility index (Phi) is 6.95. The third-order valence-electron chi connectivity index (χ3n) is 5.60. The summed E-state index contributed by atoms with van der Waals surface area (Å²) in [6.07, 6.45) is 3.91. The average Bonchev–Trinajstić information content (AvgIpc) is 2.81. The molecule has 2 heterocycles. The van der Waals surface area contributed by atoms with Gasteiger partial charge in [-0.05, 0) is 60.8 Å². The van der Waals surface area contributed by atoms with Crippen LogP contribution in [0.1, 0.15) is 24.1 Å². The molecule has 0 saturated carbocycles. The van der Waals surface area contributed by atoms with E-state index in [2.05, 4.69) is 15.6 Å². The molecule has 4 nitrogen and oxygen atoms in total. The van der Waals surface area contributed by atoms with Crippen molar-refractivity contribution in [3.8, 4) is 11.1 Å². The highest BCUT2D eigenvalue weighted by molar-refractivity contribution is 6.33. The van der Waals surface area contributed by atoms with Gasteiger partial charge in [-0.25, -0.2) is 4.39 Å². The highest BCUT2D eigenvalue weighted by Crippen LogP contribution is 2.30. The molecule has 0 amide bonds. The largest absolute Gasteiger partial charge is 0.381 e. The lowest BCUT2D eigenvalue weighted by Gasteiger charge is -2.21. The number of hydrogen-bond acceptors (Lipinski definition) is 4. The molecule has 160 valence electrons. The van der Waals surface area contributed by atoms with Gasteiger partial charge < -0.3 is 10.6 Å². The predicted octanol–water partition coefficient (Wildman–Crippen LogP) is 5.26. The van der Waals surface area contributed by atoms with Crippen LogP contribution in [0.4, 0.5) is 10.1 Å². The summed E-state index contributed by atoms with van der Waals surface area (Å²) in [6, 6.07) is 16.3. The van der Waals surface area contributed by atoms with Crippen LogP contribution in [-0.2, 0) is 17.8 Å². The number of halogens is 2. The lowest BCUT2D eigenvalue weighted by atomic mass is 9.92. The van der Waals surface area contributed by atoms with Gasteiger partial charge in [-0.1, -0.05) is 35.9 Å². The summed E-state index contributed by atoms with van der Waals surface area (Å²) in [4.78, 5) is 17.0. The zero-order chi connectivity index (χ0) is 21.6. The van der Waals surface area contributed by atoms with Crippen LogP contribution in [0.5, 0.6) is 0 Å². The summed E-state index contributed by atoms with van der Waals surface area (Å²) in [6.45, 7) is 2.32. The Balaban J connectivity index is 1.48. The monoisotopic (exact) mass is 437 g/mol. The predicted molar refractivity (Wildman–Crippen MR) is 123 cm³/mol. The minimum atomic E-state index is -0.243. The molecular weight excluding hydrogens is 413 g/mol. The van der Waals surface area contributed by atoms with Crippen LogP contribution in [0, 0.1) is 11.7 Å². The van der Waals surface area contributed by atoms with Crippen LogP contribution in [-0.4, -0.2) is 23.9 Å². The fourth-order valence-electron chi connectivity index (χ4n) is 3.85. The Bertz CT molecular complexity index is 1050. The van der Waals surface area contributed by atoms with Gasteiger partial charge in [0.2, 0.25) is 0 Å². The van der Waals surface area contributed by atoms with Gasteiger partial charge in [-0.3, -0.25) is 9.78 Å². The Morgan fingerprint density at radius 2 is 2.03 bits per heavy atom. The molecule has 0 unspecified atom stereocenters. The molecular formula is C25H25ClFN3O. The maximum absolute atomic E-state index is 13.1. The van der Waals surface area contributed by atoms with Gasteiger partial charge in [0.1, 0.15) is 11.6 Å². The van der Waals surface area contributed by atoms with E-state index in [4.69, 9.17) is 11.6 Å². The van der Waals surface area contributed by atoms with Gasteiger partial charge in [0.25, 0.3) is 0 Å². The van der Waals surface area contributed by atoms with Crippen molar-refractivity contribution in [2.75, 3.05) is 18.4 Å². The molecule has 2 aromatic carbocycles. The average molecular weight is 438 g/mol. The number of nitrogens with zero attached hydrogens (tertiary/aromatic N) is 1. The lowest BCUT2D eigenvalue weighted by Crippen LogP contribution is -2.35. The van der Waals surface area contributed by atoms with Crippen molar-refractivity contribution in [2.45, 2.75) is 25.8 Å². The van der Waals surface area contributed by atoms with E-state index in [0.29, 0.717) is 18.0 Å². The van der Waals surface area contributed by atoms with E-state index in [1.165, 1.54) is 12.1 Å². The normalized spacial score (nSPS) is 16.1. The van der Waals surface area contributed by atoms with Gasteiger partial charge in [0.15, 0.2) is 0 Å². The van der Waals surface area contributed by atoms with Gasteiger partial charge in [-0.15, -0.1) is 0 Å². The fourth-order valence-corrected chi connectivity index (χ4v) is 4.06. The van der Waals surface area contributed by atoms with E-state index in [1.54, 1.807) is 18.3 Å². The first kappa shape index (κ1) is 21.5. The topological polar surface area (TPSA) is 54.0 Å². The minimum absolute atomic E-state index is 0.0636. The number of carbonyl (C=O) groups excluding carboxylic acids is 1. The molecule has 1 atom stereocenters. The summed E-state index contributed by atoms with van der Waals surface area (Å²) in [7, 11) is 0. The molecule has 0 spiro atoms. The number of ketones is 1. The number of benzene rings is 2. The van der Waals surface area contributed by atoms with Crippen molar-refractivity contribution in [1.82, 2.24) is 10.3 Å². The van der Waals surface area contributed by atoms with Crippen molar-refractivity contribution < 1.29 is 9.18 Å². The summed E-state index contributed by atoms with van der Waals surface area (Å²) in [5.74, 6) is 0.0449. The van der Waals surface area contributed by atoms with E-state index in [0.717, 1.165) is 54.0 Å². The van der Waals surface area contributed by atoms with Crippen molar-refractivity contribution in [3.63, 3.8) is 0 Å². The minimum Gasteiger partial charge on any atom is -0.381 e. The van der Waals surface area contributed by atoms with E-state index < -0.39 is 0 Å². The van der Waals surface area contributed by atoms with Gasteiger partial charge in [-0.2, -0.15) is 0 Å². The number of hydrogen-bond donors (Lipinski definition) is 2. The number of anilines is 1. The van der Waals surface area contributed by atoms with Crippen molar-refractivity contribution >= 4 is 23.1 Å². The molecule has 6 heteroatoms. The Hall–Kier alpha value is -2.76. The van der Waals surface area contributed by atoms with Crippen LogP contribution in [0.15, 0.2) is 60.8 Å². The molecule has 0 radical (unpaired) electrons. The van der Waals surface area contributed by atoms with Crippen LogP contribution < -0.4 is 10.6 Å². The summed E-state index contributed by atoms with van der Waals surface area (Å²) in [5, 5.41) is 7.20. The number of rotatable bonds is 7. The number of piperidine rings is 1. The van der Waals surface area contributed by atoms with Crippen molar-refractivity contribution in [2.24, 2.45) is 5.92 Å². The van der Waals surface area contributed by atoms with Gasteiger partial charge >= 0.3 is 0 Å². The zero-order valence-electron chi connectivity index (χ0n) is 17.2. The molecule has 1 fully saturated rings. The summed E-state index contributed by atoms with van der Waals surface area (Å²) in [5.41, 5.74) is 4.46. The van der Waals surface area contributed by atoms with Crippen LogP contribution in [0.25, 0.3) is 11.1 Å². The smallest absolute Gasteiger partial charge is 0.143 e. The lowest BCUT2D eigenvalue weighted by molar-refractivity contribution is -0.122. The van der Waals surface area contributed by atoms with E-state index in [1.807, 2.05) is 30.3 Å². The van der Waals surface area contributed by atoms with Crippen molar-refractivity contribution in [3.05, 3.63) is 82.9 Å². The van der Waals surface area contributed by atoms with Crippen LogP contribution in [0.3, 0.4) is 0 Å². The quantitative estimate of drug-likeness (QED) is 0.529. The number of carbonyl (C=O) groups is 1. The Morgan fingerprint density at radius 1 is 1.19 bits per heavy atom. The highest BCUT2D eigenvalue weighted by atomic mass is 35.5. The number of aromatic nitrogens is 1.